The molecule has 0 fully saturated rings. The highest BCUT2D eigenvalue weighted by Gasteiger charge is 2.52. The Morgan fingerprint density at radius 1 is 0.574 bits per heavy atom. The molecule has 0 bridgehead atoms. The molecule has 4 atom stereocenters. The van der Waals surface area contributed by atoms with Gasteiger partial charge in [0.05, 0.1) is 46.7 Å². The van der Waals surface area contributed by atoms with Crippen LogP contribution in [-0.2, 0) is 54.6 Å². The Bertz CT molecular complexity index is 2150. The maximum absolute atomic E-state index is 7.71. The third-order valence-electron chi connectivity index (χ3n) is 11.3. The summed E-state index contributed by atoms with van der Waals surface area (Å²) in [6.45, 7) is 8.95. The lowest BCUT2D eigenvalue weighted by Gasteiger charge is -2.46. The van der Waals surface area contributed by atoms with E-state index in [-0.39, 0.29) is 11.6 Å². The standard InChI is InChI=1S/C53H59NO6Si/c1-53(2,3)61(46-31-19-9-20-32-46,47-33-21-10-22-34-47)60-41-49(56-38-43-25-13-6-14-26-43)51(57-39-44-27-15-7-16-28-44)52(58-40-45-29-17-8-18-30-45)50-48(55-4)35-36-59-54(50)37-42-23-11-5-12-24-42/h5-35,49-52H,36-41H2,1-4H3/t49-,50+,51-,52+/m1/s1. The topological polar surface area (TPSA) is 58.6 Å². The van der Waals surface area contributed by atoms with E-state index in [1.54, 1.807) is 7.11 Å². The van der Waals surface area contributed by atoms with Crippen molar-refractivity contribution in [2.45, 2.75) is 76.5 Å². The zero-order valence-electron chi connectivity index (χ0n) is 35.8. The molecule has 7 nitrogen and oxygen atoms in total. The summed E-state index contributed by atoms with van der Waals surface area (Å²) >= 11 is 0. The van der Waals surface area contributed by atoms with Crippen molar-refractivity contribution >= 4 is 18.7 Å². The molecule has 61 heavy (non-hydrogen) atoms. The van der Waals surface area contributed by atoms with Crippen molar-refractivity contribution in [3.05, 3.63) is 216 Å². The predicted molar refractivity (Wildman–Crippen MR) is 245 cm³/mol. The molecule has 7 rings (SSSR count). The first kappa shape index (κ1) is 43.9. The van der Waals surface area contributed by atoms with E-state index >= 15 is 0 Å². The Labute approximate surface area is 363 Å². The quantitative estimate of drug-likeness (QED) is 0.0711. The summed E-state index contributed by atoms with van der Waals surface area (Å²) in [5.41, 5.74) is 4.22. The Balaban J connectivity index is 1.37. The normalized spacial score (nSPS) is 16.3. The van der Waals surface area contributed by atoms with Crippen molar-refractivity contribution in [3.8, 4) is 0 Å². The number of nitrogens with zero attached hydrogens (tertiary/aromatic N) is 1. The largest absolute Gasteiger partial charge is 0.499 e. The van der Waals surface area contributed by atoms with Gasteiger partial charge in [-0.2, -0.15) is 5.06 Å². The van der Waals surface area contributed by atoms with E-state index in [2.05, 4.69) is 130 Å². The fourth-order valence-electron chi connectivity index (χ4n) is 8.29. The molecule has 0 radical (unpaired) electrons. The second-order valence-corrected chi connectivity index (χ2v) is 20.7. The summed E-state index contributed by atoms with van der Waals surface area (Å²) in [6.07, 6.45) is 0.0276. The number of hydrogen-bond acceptors (Lipinski definition) is 7. The number of rotatable bonds is 20. The fraction of sp³-hybridized carbons (Fsp3) is 0.283. The van der Waals surface area contributed by atoms with Crippen LogP contribution < -0.4 is 10.4 Å². The molecule has 0 aliphatic carbocycles. The average molecular weight is 834 g/mol. The van der Waals surface area contributed by atoms with Crippen molar-refractivity contribution < 1.29 is 28.2 Å². The summed E-state index contributed by atoms with van der Waals surface area (Å²) in [5.74, 6) is 0.739. The van der Waals surface area contributed by atoms with Gasteiger partial charge in [0.25, 0.3) is 8.32 Å². The summed E-state index contributed by atoms with van der Waals surface area (Å²) in [7, 11) is -1.31. The van der Waals surface area contributed by atoms with Crippen LogP contribution in [0.5, 0.6) is 0 Å². The first-order chi connectivity index (χ1) is 29.9. The first-order valence-corrected chi connectivity index (χ1v) is 23.2. The summed E-state index contributed by atoms with van der Waals surface area (Å²) in [5, 5.41) is 4.10. The van der Waals surface area contributed by atoms with Gasteiger partial charge in [0, 0.05) is 0 Å². The monoisotopic (exact) mass is 833 g/mol. The lowest BCUT2D eigenvalue weighted by Crippen LogP contribution is -2.67. The van der Waals surface area contributed by atoms with Gasteiger partial charge in [0.1, 0.15) is 30.1 Å². The molecule has 1 aliphatic rings. The molecule has 316 valence electrons. The van der Waals surface area contributed by atoms with Crippen molar-refractivity contribution in [3.63, 3.8) is 0 Å². The highest BCUT2D eigenvalue weighted by molar-refractivity contribution is 6.99. The molecule has 0 aromatic heterocycles. The third kappa shape index (κ3) is 11.2. The molecule has 0 saturated heterocycles. The number of methoxy groups -OCH3 is 1. The van der Waals surface area contributed by atoms with Gasteiger partial charge in [-0.3, -0.25) is 4.84 Å². The highest BCUT2D eigenvalue weighted by Crippen LogP contribution is 2.38. The van der Waals surface area contributed by atoms with Gasteiger partial charge in [0.15, 0.2) is 0 Å². The lowest BCUT2D eigenvalue weighted by atomic mass is 9.96. The molecular weight excluding hydrogens is 775 g/mol. The number of benzene rings is 6. The molecule has 1 aliphatic heterocycles. The molecule has 1 heterocycles. The van der Waals surface area contributed by atoms with Crippen LogP contribution in [0, 0.1) is 0 Å². The van der Waals surface area contributed by atoms with Crippen LogP contribution >= 0.6 is 0 Å². The van der Waals surface area contributed by atoms with Crippen molar-refractivity contribution in [1.82, 2.24) is 5.06 Å². The minimum Gasteiger partial charge on any atom is -0.499 e. The molecule has 0 N–H and O–H groups in total. The van der Waals surface area contributed by atoms with E-state index in [0.29, 0.717) is 33.0 Å². The first-order valence-electron chi connectivity index (χ1n) is 21.2. The summed E-state index contributed by atoms with van der Waals surface area (Å²) in [4.78, 5) is 6.53. The number of ether oxygens (including phenoxy) is 4. The maximum Gasteiger partial charge on any atom is 0.261 e. The highest BCUT2D eigenvalue weighted by atomic mass is 28.4. The fourth-order valence-corrected chi connectivity index (χ4v) is 12.9. The van der Waals surface area contributed by atoms with Gasteiger partial charge in [0.2, 0.25) is 0 Å². The second-order valence-electron chi connectivity index (χ2n) is 16.4. The molecule has 0 spiro atoms. The Kier molecular flexibility index (Phi) is 15.5. The zero-order valence-corrected chi connectivity index (χ0v) is 36.8. The predicted octanol–water partition coefficient (Wildman–Crippen LogP) is 9.67. The number of hydroxylamine groups is 2. The number of hydrogen-bond donors (Lipinski definition) is 0. The Hall–Kier alpha value is -5.16. The van der Waals surface area contributed by atoms with Gasteiger partial charge in [-0.05, 0) is 43.7 Å². The van der Waals surface area contributed by atoms with E-state index < -0.39 is 32.7 Å². The van der Waals surface area contributed by atoms with E-state index in [9.17, 15) is 0 Å². The average Bonchev–Trinajstić information content (AvgIpc) is 3.30. The molecule has 0 amide bonds. The van der Waals surface area contributed by atoms with Gasteiger partial charge in [-0.15, -0.1) is 0 Å². The molecule has 0 unspecified atom stereocenters. The summed E-state index contributed by atoms with van der Waals surface area (Å²) in [6, 6.07) is 62.1. The van der Waals surface area contributed by atoms with Crippen molar-refractivity contribution in [1.29, 1.82) is 0 Å². The van der Waals surface area contributed by atoms with Crippen LogP contribution in [0.3, 0.4) is 0 Å². The van der Waals surface area contributed by atoms with Crippen LogP contribution in [0.2, 0.25) is 5.04 Å². The van der Waals surface area contributed by atoms with Crippen molar-refractivity contribution in [2.24, 2.45) is 0 Å². The second kappa shape index (κ2) is 21.6. The van der Waals surface area contributed by atoms with Crippen molar-refractivity contribution in [2.75, 3.05) is 20.3 Å². The van der Waals surface area contributed by atoms with Gasteiger partial charge >= 0.3 is 0 Å². The van der Waals surface area contributed by atoms with E-state index in [1.807, 2.05) is 83.9 Å². The Morgan fingerprint density at radius 3 is 1.46 bits per heavy atom. The van der Waals surface area contributed by atoms with Crippen LogP contribution in [0.4, 0.5) is 0 Å². The zero-order chi connectivity index (χ0) is 42.3. The van der Waals surface area contributed by atoms with Gasteiger partial charge in [-0.1, -0.05) is 203 Å². The van der Waals surface area contributed by atoms with E-state index in [0.717, 1.165) is 28.0 Å². The third-order valence-corrected chi connectivity index (χ3v) is 16.3. The SMILES string of the molecule is COC1=CCON(Cc2ccccc2)[C@@H]1[C@H](OCc1ccccc1)[C@H](OCc1ccccc1)[C@@H](CO[Si](c1ccccc1)(c1ccccc1)C(C)(C)C)OCc1ccccc1. The minimum absolute atomic E-state index is 0.225. The van der Waals surface area contributed by atoms with Gasteiger partial charge < -0.3 is 23.4 Å². The van der Waals surface area contributed by atoms with Crippen LogP contribution in [0.1, 0.15) is 43.0 Å². The molecule has 6 aromatic rings. The smallest absolute Gasteiger partial charge is 0.261 e. The van der Waals surface area contributed by atoms with E-state index in [4.69, 9.17) is 28.2 Å². The minimum atomic E-state index is -3.03. The molecule has 6 aromatic carbocycles. The summed E-state index contributed by atoms with van der Waals surface area (Å²) < 4.78 is 35.6. The molecule has 0 saturated carbocycles. The molecule has 8 heteroatoms. The van der Waals surface area contributed by atoms with Crippen LogP contribution in [0.25, 0.3) is 0 Å². The van der Waals surface area contributed by atoms with Crippen LogP contribution in [0.15, 0.2) is 194 Å². The van der Waals surface area contributed by atoms with E-state index in [1.165, 1.54) is 10.4 Å². The Morgan fingerprint density at radius 2 is 1.00 bits per heavy atom. The van der Waals surface area contributed by atoms with Gasteiger partial charge in [-0.25, -0.2) is 0 Å². The van der Waals surface area contributed by atoms with Crippen LogP contribution in [-0.4, -0.2) is 58.1 Å². The lowest BCUT2D eigenvalue weighted by molar-refractivity contribution is -0.246. The maximum atomic E-state index is 7.71. The molecular formula is C53H59NO6Si.